The lowest BCUT2D eigenvalue weighted by atomic mass is 9.83. The first-order valence-corrected chi connectivity index (χ1v) is 8.90. The van der Waals surface area contributed by atoms with Crippen molar-refractivity contribution in [3.05, 3.63) is 102 Å². The molecule has 128 valence electrons. The average Bonchev–Trinajstić information content (AvgIpc) is 2.64. The molecule has 0 aliphatic carbocycles. The molecule has 0 saturated carbocycles. The van der Waals surface area contributed by atoms with Crippen LogP contribution in [0.15, 0.2) is 91.0 Å². The van der Waals surface area contributed by atoms with Gasteiger partial charge in [0.05, 0.1) is 11.1 Å². The number of hydrogen-bond acceptors (Lipinski definition) is 1. The van der Waals surface area contributed by atoms with Crippen molar-refractivity contribution >= 4 is 5.69 Å². The van der Waals surface area contributed by atoms with Gasteiger partial charge in [-0.25, -0.2) is 0 Å². The van der Waals surface area contributed by atoms with Crippen molar-refractivity contribution in [1.29, 1.82) is 0 Å². The Labute approximate surface area is 151 Å². The smallest absolute Gasteiger partial charge is 0.0606 e. The van der Waals surface area contributed by atoms with Crippen LogP contribution >= 0.6 is 0 Å². The molecule has 0 amide bonds. The predicted molar refractivity (Wildman–Crippen MR) is 108 cm³/mol. The van der Waals surface area contributed by atoms with Crippen LogP contribution in [-0.2, 0) is 11.1 Å². The van der Waals surface area contributed by atoms with Crippen LogP contribution in [0.2, 0.25) is 0 Å². The normalized spacial score (nSPS) is 12.0. The third-order valence-corrected chi connectivity index (χ3v) is 5.09. The van der Waals surface area contributed by atoms with Gasteiger partial charge in [-0.2, -0.15) is 0 Å². The Morgan fingerprint density at radius 1 is 0.480 bits per heavy atom. The van der Waals surface area contributed by atoms with E-state index >= 15 is 0 Å². The Balaban J connectivity index is 2.18. The summed E-state index contributed by atoms with van der Waals surface area (Å²) < 4.78 is 0. The zero-order valence-electron chi connectivity index (χ0n) is 15.6. The Morgan fingerprint density at radius 3 is 1.16 bits per heavy atom. The summed E-state index contributed by atoms with van der Waals surface area (Å²) in [7, 11) is 0. The molecule has 3 aromatic rings. The minimum absolute atomic E-state index is 0.165. The molecule has 0 unspecified atom stereocenters. The molecular weight excluding hydrogens is 302 g/mol. The third kappa shape index (κ3) is 3.32. The molecule has 0 aliphatic rings. The molecule has 1 nitrogen and oxygen atoms in total. The van der Waals surface area contributed by atoms with Crippen molar-refractivity contribution in [1.82, 2.24) is 0 Å². The molecule has 0 heterocycles. The highest BCUT2D eigenvalue weighted by atomic mass is 15.3. The van der Waals surface area contributed by atoms with Crippen LogP contribution in [0.5, 0.6) is 0 Å². The van der Waals surface area contributed by atoms with E-state index in [-0.39, 0.29) is 11.1 Å². The van der Waals surface area contributed by atoms with Crippen LogP contribution in [0.4, 0.5) is 5.69 Å². The molecule has 3 aromatic carbocycles. The van der Waals surface area contributed by atoms with Gasteiger partial charge in [-0.15, -0.1) is 0 Å². The number of nitrogens with zero attached hydrogens (tertiary/aromatic N) is 1. The Kier molecular flexibility index (Phi) is 4.67. The van der Waals surface area contributed by atoms with Crippen LogP contribution in [0, 0.1) is 0 Å². The highest BCUT2D eigenvalue weighted by Crippen LogP contribution is 2.42. The van der Waals surface area contributed by atoms with Crippen molar-refractivity contribution in [3.63, 3.8) is 0 Å². The highest BCUT2D eigenvalue weighted by Gasteiger charge is 2.39. The van der Waals surface area contributed by atoms with E-state index in [2.05, 4.69) is 124 Å². The van der Waals surface area contributed by atoms with E-state index in [9.17, 15) is 0 Å². The molecule has 25 heavy (non-hydrogen) atoms. The van der Waals surface area contributed by atoms with Gasteiger partial charge in [-0.05, 0) is 51.0 Å². The molecule has 0 radical (unpaired) electrons. The fourth-order valence-corrected chi connectivity index (χ4v) is 3.87. The summed E-state index contributed by atoms with van der Waals surface area (Å²) in [6, 6.07) is 32.2. The molecule has 0 aromatic heterocycles. The third-order valence-electron chi connectivity index (χ3n) is 5.09. The number of hydrogen-bond donors (Lipinski definition) is 0. The maximum absolute atomic E-state index is 2.53. The average molecular weight is 329 g/mol. The van der Waals surface area contributed by atoms with Crippen LogP contribution in [0.1, 0.15) is 38.8 Å². The molecule has 1 heteroatoms. The van der Waals surface area contributed by atoms with E-state index in [1.807, 2.05) is 0 Å². The molecular formula is C24H27N. The van der Waals surface area contributed by atoms with Crippen LogP contribution in [0.25, 0.3) is 0 Å². The van der Waals surface area contributed by atoms with E-state index in [0.29, 0.717) is 0 Å². The van der Waals surface area contributed by atoms with E-state index in [1.165, 1.54) is 16.8 Å². The van der Waals surface area contributed by atoms with Gasteiger partial charge in [0.1, 0.15) is 0 Å². The molecule has 0 fully saturated rings. The summed E-state index contributed by atoms with van der Waals surface area (Å²) >= 11 is 0. The molecule has 0 saturated heterocycles. The minimum atomic E-state index is -0.165. The van der Waals surface area contributed by atoms with Gasteiger partial charge in [0.25, 0.3) is 0 Å². The summed E-state index contributed by atoms with van der Waals surface area (Å²) in [5, 5.41) is 0. The van der Waals surface area contributed by atoms with Crippen molar-refractivity contribution in [3.8, 4) is 0 Å². The lowest BCUT2D eigenvalue weighted by Crippen LogP contribution is -2.52. The van der Waals surface area contributed by atoms with Crippen molar-refractivity contribution in [2.24, 2.45) is 0 Å². The van der Waals surface area contributed by atoms with Gasteiger partial charge in [-0.1, -0.05) is 78.9 Å². The Morgan fingerprint density at radius 2 is 0.800 bits per heavy atom. The largest absolute Gasteiger partial charge is 0.353 e. The molecule has 0 spiro atoms. The lowest BCUT2D eigenvalue weighted by Gasteiger charge is -2.51. The van der Waals surface area contributed by atoms with Gasteiger partial charge >= 0.3 is 0 Å². The standard InChI is InChI=1S/C24H27N/c1-23(2,20-14-8-5-9-15-20)25(22-18-12-7-13-19-22)24(3,4)21-16-10-6-11-17-21/h5-19H,1-4H3. The molecule has 0 aliphatic heterocycles. The van der Waals surface area contributed by atoms with Gasteiger partial charge in [0, 0.05) is 5.69 Å². The minimum Gasteiger partial charge on any atom is -0.353 e. The first-order valence-electron chi connectivity index (χ1n) is 8.90. The van der Waals surface area contributed by atoms with Crippen molar-refractivity contribution in [2.45, 2.75) is 38.8 Å². The monoisotopic (exact) mass is 329 g/mol. The summed E-state index contributed by atoms with van der Waals surface area (Å²) in [5.41, 5.74) is 3.51. The number of anilines is 1. The van der Waals surface area contributed by atoms with Gasteiger partial charge in [-0.3, -0.25) is 0 Å². The van der Waals surface area contributed by atoms with E-state index in [4.69, 9.17) is 0 Å². The van der Waals surface area contributed by atoms with Crippen molar-refractivity contribution < 1.29 is 0 Å². The maximum atomic E-state index is 2.53. The second-order valence-electron chi connectivity index (χ2n) is 7.52. The SMILES string of the molecule is CC(C)(c1ccccc1)N(c1ccccc1)C(C)(C)c1ccccc1. The lowest BCUT2D eigenvalue weighted by molar-refractivity contribution is 0.350. The zero-order valence-corrected chi connectivity index (χ0v) is 15.6. The zero-order chi connectivity index (χ0) is 17.9. The van der Waals surface area contributed by atoms with Crippen molar-refractivity contribution in [2.75, 3.05) is 4.90 Å². The van der Waals surface area contributed by atoms with Crippen LogP contribution in [-0.4, -0.2) is 0 Å². The number of benzene rings is 3. The summed E-state index contributed by atoms with van der Waals surface area (Å²) in [6.45, 7) is 9.22. The highest BCUT2D eigenvalue weighted by molar-refractivity contribution is 5.55. The summed E-state index contributed by atoms with van der Waals surface area (Å²) in [6.07, 6.45) is 0. The summed E-state index contributed by atoms with van der Waals surface area (Å²) in [4.78, 5) is 2.53. The quantitative estimate of drug-likeness (QED) is 0.526. The van der Waals surface area contributed by atoms with E-state index in [1.54, 1.807) is 0 Å². The maximum Gasteiger partial charge on any atom is 0.0606 e. The van der Waals surface area contributed by atoms with Gasteiger partial charge in [0.2, 0.25) is 0 Å². The molecule has 3 rings (SSSR count). The van der Waals surface area contributed by atoms with Crippen LogP contribution < -0.4 is 4.90 Å². The number of rotatable bonds is 5. The Hall–Kier alpha value is -2.54. The Bertz CT molecular complexity index is 738. The second kappa shape index (κ2) is 6.76. The topological polar surface area (TPSA) is 3.24 Å². The first kappa shape index (κ1) is 17.3. The van der Waals surface area contributed by atoms with Crippen LogP contribution in [0.3, 0.4) is 0 Å². The number of para-hydroxylation sites is 1. The fourth-order valence-electron chi connectivity index (χ4n) is 3.87. The summed E-state index contributed by atoms with van der Waals surface area (Å²) in [5.74, 6) is 0. The van der Waals surface area contributed by atoms with E-state index in [0.717, 1.165) is 0 Å². The first-order chi connectivity index (χ1) is 11.9. The van der Waals surface area contributed by atoms with E-state index < -0.39 is 0 Å². The second-order valence-corrected chi connectivity index (χ2v) is 7.52. The fraction of sp³-hybridized carbons (Fsp3) is 0.250. The molecule has 0 N–H and O–H groups in total. The predicted octanol–water partition coefficient (Wildman–Crippen LogP) is 6.36. The van der Waals surface area contributed by atoms with Gasteiger partial charge < -0.3 is 4.90 Å². The molecule has 0 bridgehead atoms. The molecule has 0 atom stereocenters. The van der Waals surface area contributed by atoms with Gasteiger partial charge in [0.15, 0.2) is 0 Å².